The van der Waals surface area contributed by atoms with Gasteiger partial charge in [-0.15, -0.1) is 11.3 Å². The Morgan fingerprint density at radius 2 is 1.95 bits per heavy atom. The van der Waals surface area contributed by atoms with E-state index in [-0.39, 0.29) is 0 Å². The summed E-state index contributed by atoms with van der Waals surface area (Å²) in [5.41, 5.74) is 2.07. The Balaban J connectivity index is 1.76. The van der Waals surface area contributed by atoms with Crippen LogP contribution in [0.3, 0.4) is 0 Å². The van der Waals surface area contributed by atoms with Gasteiger partial charge in [0.1, 0.15) is 0 Å². The third-order valence-corrected chi connectivity index (χ3v) is 4.17. The summed E-state index contributed by atoms with van der Waals surface area (Å²) in [6, 6.07) is 8.99. The lowest BCUT2D eigenvalue weighted by Gasteiger charge is -2.17. The molecule has 0 saturated heterocycles. The summed E-state index contributed by atoms with van der Waals surface area (Å²) < 4.78 is 26.1. The van der Waals surface area contributed by atoms with Crippen LogP contribution in [-0.2, 0) is 12.8 Å². The lowest BCUT2D eigenvalue weighted by atomic mass is 10.1. The van der Waals surface area contributed by atoms with E-state index in [9.17, 15) is 8.78 Å². The Kier molecular flexibility index (Phi) is 6.26. The lowest BCUT2D eigenvalue weighted by Crippen LogP contribution is -2.37. The van der Waals surface area contributed by atoms with Crippen LogP contribution in [0.25, 0.3) is 0 Å². The molecule has 1 aromatic heterocycles. The fourth-order valence-electron chi connectivity index (χ4n) is 2.19. The van der Waals surface area contributed by atoms with Crippen molar-refractivity contribution in [3.05, 3.63) is 52.0 Å². The fourth-order valence-corrected chi connectivity index (χ4v) is 2.84. The summed E-state index contributed by atoms with van der Waals surface area (Å²) in [6.45, 7) is 2.48. The van der Waals surface area contributed by atoms with Crippen LogP contribution in [0.2, 0.25) is 0 Å². The van der Waals surface area contributed by atoms with Crippen LogP contribution < -0.4 is 5.32 Å². The van der Waals surface area contributed by atoms with Gasteiger partial charge < -0.3 is 5.32 Å². The van der Waals surface area contributed by atoms with E-state index >= 15 is 0 Å². The molecule has 1 N–H and O–H groups in total. The number of thiazole rings is 1. The zero-order valence-electron chi connectivity index (χ0n) is 12.1. The van der Waals surface area contributed by atoms with Crippen molar-refractivity contribution in [3.63, 3.8) is 0 Å². The predicted octanol–water partition coefficient (Wildman–Crippen LogP) is 3.85. The third kappa shape index (κ3) is 5.52. The van der Waals surface area contributed by atoms with Gasteiger partial charge in [-0.25, -0.2) is 13.8 Å². The Labute approximate surface area is 128 Å². The smallest absolute Gasteiger partial charge is 0.253 e. The minimum atomic E-state index is -2.34. The number of halogens is 2. The highest BCUT2D eigenvalue weighted by atomic mass is 32.1. The molecule has 0 saturated carbocycles. The molecule has 2 aromatic rings. The van der Waals surface area contributed by atoms with Crippen molar-refractivity contribution in [2.24, 2.45) is 0 Å². The fraction of sp³-hybridized carbons (Fsp3) is 0.438. The maximum atomic E-state index is 13.1. The summed E-state index contributed by atoms with van der Waals surface area (Å²) in [4.78, 5) is 4.34. The molecular formula is C16H20F2N2S. The summed E-state index contributed by atoms with van der Waals surface area (Å²) in [7, 11) is 0. The Hall–Kier alpha value is -1.33. The van der Waals surface area contributed by atoms with Crippen molar-refractivity contribution >= 4 is 11.3 Å². The maximum absolute atomic E-state index is 13.1. The van der Waals surface area contributed by atoms with Crippen LogP contribution >= 0.6 is 11.3 Å². The van der Waals surface area contributed by atoms with E-state index in [0.29, 0.717) is 25.8 Å². The molecule has 0 bridgehead atoms. The van der Waals surface area contributed by atoms with E-state index in [1.165, 1.54) is 0 Å². The number of hydrogen-bond donors (Lipinski definition) is 1. The monoisotopic (exact) mass is 310 g/mol. The van der Waals surface area contributed by atoms with Crippen LogP contribution in [0.1, 0.15) is 22.7 Å². The average Bonchev–Trinajstić information content (AvgIpc) is 2.89. The maximum Gasteiger partial charge on any atom is 0.253 e. The molecule has 0 amide bonds. The number of nitrogens with zero attached hydrogens (tertiary/aromatic N) is 1. The van der Waals surface area contributed by atoms with Gasteiger partial charge >= 0.3 is 0 Å². The second-order valence-corrected chi connectivity index (χ2v) is 6.09. The summed E-state index contributed by atoms with van der Waals surface area (Å²) in [6.07, 6.45) is -0.541. The summed E-state index contributed by atoms with van der Waals surface area (Å²) >= 11 is 1.59. The first-order chi connectivity index (χ1) is 10.1. The van der Waals surface area contributed by atoms with Crippen molar-refractivity contribution in [2.45, 2.75) is 38.7 Å². The van der Waals surface area contributed by atoms with Crippen molar-refractivity contribution in [2.75, 3.05) is 6.54 Å². The number of benzene rings is 1. The molecule has 1 aromatic carbocycles. The Bertz CT molecular complexity index is 528. The van der Waals surface area contributed by atoms with Gasteiger partial charge in [-0.05, 0) is 25.3 Å². The Morgan fingerprint density at radius 1 is 1.19 bits per heavy atom. The van der Waals surface area contributed by atoms with Crippen molar-refractivity contribution in [3.8, 4) is 0 Å². The minimum Gasteiger partial charge on any atom is -0.308 e. The van der Waals surface area contributed by atoms with Crippen molar-refractivity contribution in [1.29, 1.82) is 0 Å². The van der Waals surface area contributed by atoms with Crippen LogP contribution in [0.5, 0.6) is 0 Å². The van der Waals surface area contributed by atoms with E-state index in [1.54, 1.807) is 11.3 Å². The highest BCUT2D eigenvalue weighted by Crippen LogP contribution is 2.12. The first kappa shape index (κ1) is 16.0. The topological polar surface area (TPSA) is 24.9 Å². The van der Waals surface area contributed by atoms with Gasteiger partial charge in [0.2, 0.25) is 0 Å². The number of alkyl halides is 2. The molecule has 2 nitrogen and oxygen atoms in total. The lowest BCUT2D eigenvalue weighted by molar-refractivity contribution is 0.0944. The molecule has 5 heteroatoms. The number of aromatic nitrogens is 1. The second-order valence-electron chi connectivity index (χ2n) is 5.03. The van der Waals surface area contributed by atoms with Gasteiger partial charge in [0.05, 0.1) is 16.7 Å². The highest BCUT2D eigenvalue weighted by molar-refractivity contribution is 7.09. The highest BCUT2D eigenvalue weighted by Gasteiger charge is 2.19. The van der Waals surface area contributed by atoms with Gasteiger partial charge in [-0.1, -0.05) is 30.3 Å². The quantitative estimate of drug-likeness (QED) is 0.801. The SMILES string of the molecule is Cc1nc(CCN[C@@H](CCc2ccccc2)C(F)F)cs1. The number of nitrogens with one attached hydrogen (secondary N) is 1. The van der Waals surface area contributed by atoms with Gasteiger partial charge in [-0.2, -0.15) is 0 Å². The summed E-state index contributed by atoms with van der Waals surface area (Å²) in [5, 5.41) is 5.96. The molecule has 1 heterocycles. The predicted molar refractivity (Wildman–Crippen MR) is 83.1 cm³/mol. The van der Waals surface area contributed by atoms with E-state index < -0.39 is 12.5 Å². The molecule has 21 heavy (non-hydrogen) atoms. The van der Waals surface area contributed by atoms with Crippen LogP contribution in [-0.4, -0.2) is 24.0 Å². The van der Waals surface area contributed by atoms with E-state index in [0.717, 1.165) is 16.3 Å². The largest absolute Gasteiger partial charge is 0.308 e. The molecule has 114 valence electrons. The second kappa shape index (κ2) is 8.20. The van der Waals surface area contributed by atoms with Gasteiger partial charge in [0.15, 0.2) is 0 Å². The van der Waals surface area contributed by atoms with Gasteiger partial charge in [0, 0.05) is 18.3 Å². The molecular weight excluding hydrogens is 290 g/mol. The molecule has 0 radical (unpaired) electrons. The van der Waals surface area contributed by atoms with Crippen molar-refractivity contribution in [1.82, 2.24) is 10.3 Å². The molecule has 1 atom stereocenters. The van der Waals surface area contributed by atoms with Gasteiger partial charge in [-0.3, -0.25) is 0 Å². The first-order valence-electron chi connectivity index (χ1n) is 7.11. The minimum absolute atomic E-state index is 0.442. The van der Waals surface area contributed by atoms with Crippen molar-refractivity contribution < 1.29 is 8.78 Å². The molecule has 0 fully saturated rings. The first-order valence-corrected chi connectivity index (χ1v) is 7.99. The van der Waals surface area contributed by atoms with Gasteiger partial charge in [0.25, 0.3) is 6.43 Å². The normalized spacial score (nSPS) is 12.8. The van der Waals surface area contributed by atoms with Crippen LogP contribution in [0.15, 0.2) is 35.7 Å². The molecule has 0 aliphatic carbocycles. The van der Waals surface area contributed by atoms with E-state index in [2.05, 4.69) is 10.3 Å². The number of rotatable bonds is 8. The zero-order valence-corrected chi connectivity index (χ0v) is 12.9. The average molecular weight is 310 g/mol. The zero-order chi connectivity index (χ0) is 15.1. The summed E-state index contributed by atoms with van der Waals surface area (Å²) in [5.74, 6) is 0. The number of hydrogen-bond acceptors (Lipinski definition) is 3. The standard InChI is InChI=1S/C16H20F2N2S/c1-12-20-14(11-21-12)9-10-19-15(16(17)18)8-7-13-5-3-2-4-6-13/h2-6,11,15-16,19H,7-10H2,1H3/t15-/m0/s1. The molecule has 0 aliphatic rings. The molecule has 0 spiro atoms. The molecule has 0 unspecified atom stereocenters. The van der Waals surface area contributed by atoms with E-state index in [1.807, 2.05) is 42.6 Å². The third-order valence-electron chi connectivity index (χ3n) is 3.35. The van der Waals surface area contributed by atoms with Crippen LogP contribution in [0, 0.1) is 6.92 Å². The molecule has 0 aliphatic heterocycles. The van der Waals surface area contributed by atoms with Crippen LogP contribution in [0.4, 0.5) is 8.78 Å². The van der Waals surface area contributed by atoms with E-state index in [4.69, 9.17) is 0 Å². The number of aryl methyl sites for hydroxylation is 2. The Morgan fingerprint density at radius 3 is 2.57 bits per heavy atom. The molecule has 2 rings (SSSR count).